The summed E-state index contributed by atoms with van der Waals surface area (Å²) in [6.45, 7) is 11.7. The van der Waals surface area contributed by atoms with Gasteiger partial charge in [0.2, 0.25) is 29.5 Å². The Morgan fingerprint density at radius 1 is 0.808 bits per heavy atom. The zero-order chi connectivity index (χ0) is 55.8. The number of thiazole rings is 1. The van der Waals surface area contributed by atoms with Gasteiger partial charge >= 0.3 is 11.6 Å². The number of hydrogen-bond donors (Lipinski definition) is 5. The summed E-state index contributed by atoms with van der Waals surface area (Å²) < 4.78 is 11.4. The first kappa shape index (κ1) is 58.4. The van der Waals surface area contributed by atoms with Crippen molar-refractivity contribution < 1.29 is 38.2 Å². The van der Waals surface area contributed by atoms with E-state index in [0.717, 1.165) is 96.0 Å². The Morgan fingerprint density at radius 3 is 2.19 bits per heavy atom. The summed E-state index contributed by atoms with van der Waals surface area (Å²) in [5, 5.41) is 23.2. The molecule has 1 fully saturated rings. The van der Waals surface area contributed by atoms with Gasteiger partial charge in [-0.15, -0.1) is 11.3 Å². The van der Waals surface area contributed by atoms with E-state index in [1.165, 1.54) is 4.90 Å². The summed E-state index contributed by atoms with van der Waals surface area (Å²) >= 11 is 1.57. The molecule has 0 unspecified atom stereocenters. The molecule has 4 heterocycles. The third-order valence-electron chi connectivity index (χ3n) is 14.1. The average molecular weight is 1080 g/mol. The van der Waals surface area contributed by atoms with Gasteiger partial charge in [-0.3, -0.25) is 24.0 Å². The lowest BCUT2D eigenvalue weighted by molar-refractivity contribution is -0.144. The Balaban J connectivity index is 0.727. The van der Waals surface area contributed by atoms with E-state index >= 15 is 0 Å². The minimum absolute atomic E-state index is 0.0258. The second kappa shape index (κ2) is 27.8. The minimum atomic E-state index is -0.987. The second-order valence-corrected chi connectivity index (χ2v) is 22.2. The van der Waals surface area contributed by atoms with Gasteiger partial charge in [-0.25, -0.2) is 19.7 Å². The molecule has 0 saturated carbocycles. The number of amides is 5. The number of ether oxygens (including phenoxy) is 1. The number of aliphatic hydroxyl groups excluding tert-OH is 1. The smallest absolute Gasteiger partial charge is 0.340 e. The Morgan fingerprint density at radius 2 is 1.50 bits per heavy atom. The molecule has 5 amide bonds. The monoisotopic (exact) mass is 1080 g/mol. The van der Waals surface area contributed by atoms with Crippen LogP contribution in [0, 0.1) is 19.3 Å². The predicted molar refractivity (Wildman–Crippen MR) is 302 cm³/mol. The molecule has 1 aliphatic heterocycles. The highest BCUT2D eigenvalue weighted by atomic mass is 32.1. The molecule has 414 valence electrons. The number of aliphatic hydroxyl groups is 1. The van der Waals surface area contributed by atoms with Gasteiger partial charge in [-0.2, -0.15) is 0 Å². The van der Waals surface area contributed by atoms with Crippen LogP contribution in [0.2, 0.25) is 0 Å². The number of fused-ring (bicyclic) bond motifs is 1. The highest BCUT2D eigenvalue weighted by Crippen LogP contribution is 2.31. The van der Waals surface area contributed by atoms with Gasteiger partial charge in [0, 0.05) is 80.3 Å². The first-order chi connectivity index (χ1) is 37.4. The maximum Gasteiger partial charge on any atom is 0.340 e. The predicted octanol–water partition coefficient (Wildman–Crippen LogP) is 9.81. The van der Waals surface area contributed by atoms with Crippen LogP contribution < -0.4 is 31.6 Å². The number of hydrogen-bond acceptors (Lipinski definition) is 13. The summed E-state index contributed by atoms with van der Waals surface area (Å²) in [4.78, 5) is 94.5. The van der Waals surface area contributed by atoms with Crippen LogP contribution in [0.4, 0.5) is 5.69 Å². The molecule has 3 aromatic heterocycles. The van der Waals surface area contributed by atoms with Crippen LogP contribution in [-0.2, 0) is 30.4 Å². The van der Waals surface area contributed by atoms with Crippen molar-refractivity contribution in [2.24, 2.45) is 5.41 Å². The fraction of sp³-hybridized carbons (Fsp3) is 0.450. The highest BCUT2D eigenvalue weighted by Gasteiger charge is 2.44. The van der Waals surface area contributed by atoms with E-state index in [2.05, 4.69) is 36.2 Å². The largest absolute Gasteiger partial charge is 0.424 e. The number of nitrogens with one attached hydrogen (secondary N) is 4. The van der Waals surface area contributed by atoms with Crippen molar-refractivity contribution in [3.8, 4) is 22.2 Å². The van der Waals surface area contributed by atoms with E-state index in [4.69, 9.17) is 9.15 Å². The molecule has 0 spiro atoms. The Bertz CT molecular complexity index is 3060. The minimum Gasteiger partial charge on any atom is -0.424 e. The molecule has 4 atom stereocenters. The molecule has 18 heteroatoms. The van der Waals surface area contributed by atoms with Crippen LogP contribution in [0.1, 0.15) is 145 Å². The normalized spacial score (nSPS) is 15.1. The second-order valence-electron chi connectivity index (χ2n) is 21.4. The van der Waals surface area contributed by atoms with E-state index < -0.39 is 41.0 Å². The van der Waals surface area contributed by atoms with E-state index in [1.807, 2.05) is 102 Å². The Hall–Kier alpha value is -7.31. The van der Waals surface area contributed by atoms with Gasteiger partial charge < -0.3 is 40.4 Å². The number of rotatable bonds is 26. The van der Waals surface area contributed by atoms with Gasteiger partial charge in [-0.05, 0) is 91.6 Å². The first-order valence-corrected chi connectivity index (χ1v) is 28.1. The molecule has 1 saturated heterocycles. The van der Waals surface area contributed by atoms with Crippen molar-refractivity contribution in [1.82, 2.24) is 35.8 Å². The number of aromatic nitrogens is 3. The number of unbranched alkanes of at least 4 members (excludes halogenated alkanes) is 8. The number of carbonyl (C=O) groups excluding carboxylic acids is 5. The molecular weight excluding hydrogens is 1010 g/mol. The number of anilines is 1. The van der Waals surface area contributed by atoms with Crippen molar-refractivity contribution in [3.05, 3.63) is 129 Å². The zero-order valence-electron chi connectivity index (χ0n) is 45.7. The molecule has 78 heavy (non-hydrogen) atoms. The van der Waals surface area contributed by atoms with E-state index in [1.54, 1.807) is 41.9 Å². The molecule has 0 radical (unpaired) electrons. The lowest BCUT2D eigenvalue weighted by atomic mass is 9.85. The summed E-state index contributed by atoms with van der Waals surface area (Å²) in [5.74, 6) is -1.11. The van der Waals surface area contributed by atoms with Crippen LogP contribution in [0.3, 0.4) is 0 Å². The van der Waals surface area contributed by atoms with E-state index in [0.29, 0.717) is 42.0 Å². The van der Waals surface area contributed by atoms with Crippen LogP contribution in [0.5, 0.6) is 11.8 Å². The fourth-order valence-electron chi connectivity index (χ4n) is 9.71. The fourth-order valence-corrected chi connectivity index (χ4v) is 10.5. The van der Waals surface area contributed by atoms with Crippen molar-refractivity contribution in [3.63, 3.8) is 0 Å². The van der Waals surface area contributed by atoms with Crippen molar-refractivity contribution in [2.45, 2.75) is 156 Å². The molecule has 6 aromatic rings. The van der Waals surface area contributed by atoms with Crippen LogP contribution >= 0.6 is 11.3 Å². The van der Waals surface area contributed by atoms with Crippen molar-refractivity contribution in [1.29, 1.82) is 0 Å². The van der Waals surface area contributed by atoms with Crippen molar-refractivity contribution >= 4 is 57.5 Å². The maximum absolute atomic E-state index is 14.1. The van der Waals surface area contributed by atoms with Crippen LogP contribution in [-0.4, -0.2) is 85.8 Å². The topological polar surface area (TPSA) is 235 Å². The highest BCUT2D eigenvalue weighted by molar-refractivity contribution is 7.13. The molecule has 0 bridgehead atoms. The average Bonchev–Trinajstić information content (AvgIpc) is 4.14. The Labute approximate surface area is 460 Å². The quantitative estimate of drug-likeness (QED) is 0.0252. The lowest BCUT2D eigenvalue weighted by Crippen LogP contribution is -2.57. The molecule has 0 aliphatic carbocycles. The van der Waals surface area contributed by atoms with Crippen LogP contribution in [0.15, 0.2) is 99.9 Å². The number of carbonyl (C=O) groups is 5. The van der Waals surface area contributed by atoms with Crippen molar-refractivity contribution in [2.75, 3.05) is 18.4 Å². The number of β-amino-alcohol motifs (C(OH)–C–C–N with tert-alkyl or cyclic N) is 1. The third kappa shape index (κ3) is 16.6. The Kier molecular flexibility index (Phi) is 20.8. The zero-order valence-corrected chi connectivity index (χ0v) is 46.5. The standard InChI is InChI=1S/C60H74N8O9S/c1-38-47-26-25-46(76-59-62-30-17-31-63-59)35-50(47)77-58(75)48(38)33-41-18-16-19-44(32-41)66-52(71)20-14-12-10-8-7-9-11-13-15-29-61-51(70)27-28-53(72)67-55(60(4,5)6)57(74)68-36-45(69)34-49(68)56(73)65-39(2)42-21-23-43(24-22-42)54-40(3)64-37-78-54/h16-19,21-26,30-32,35,37,39,45,49,55,69H,7-15,20,27-29,33-34,36H2,1-6H3,(H,61,70)(H,65,73)(H,66,71)(H,67,72)/t39-,45+,49-,55+/m0/s1. The molecule has 5 N–H and O–H groups in total. The first-order valence-electron chi connectivity index (χ1n) is 27.2. The van der Waals surface area contributed by atoms with Gasteiger partial charge in [0.05, 0.1) is 28.2 Å². The van der Waals surface area contributed by atoms with Crippen LogP contribution in [0.25, 0.3) is 21.4 Å². The van der Waals surface area contributed by atoms with E-state index in [-0.39, 0.29) is 55.6 Å². The summed E-state index contributed by atoms with van der Waals surface area (Å²) in [6.07, 6.45) is 11.9. The molecular formula is C60H74N8O9S. The molecule has 17 nitrogen and oxygen atoms in total. The SMILES string of the molecule is Cc1ncsc1-c1ccc([C@H](C)NC(=O)[C@@H]2C[C@@H](O)CN2C(=O)[C@@H](NC(=O)CCC(=O)NCCCCCCCCCCCC(=O)Nc2cccc(Cc3c(C)c4ccc(Oc5ncccn5)cc4oc3=O)c2)C(C)(C)C)cc1. The molecule has 3 aromatic carbocycles. The van der Waals surface area contributed by atoms with Gasteiger partial charge in [0.15, 0.2) is 0 Å². The van der Waals surface area contributed by atoms with E-state index in [9.17, 15) is 33.9 Å². The van der Waals surface area contributed by atoms with Gasteiger partial charge in [0.25, 0.3) is 0 Å². The molecule has 7 rings (SSSR count). The maximum atomic E-state index is 14.1. The summed E-state index contributed by atoms with van der Waals surface area (Å²) in [6, 6.07) is 20.3. The number of benzene rings is 3. The number of likely N-dealkylation sites (tertiary alicyclic amines) is 1. The number of nitrogens with zero attached hydrogens (tertiary/aromatic N) is 4. The lowest BCUT2D eigenvalue weighted by Gasteiger charge is -2.35. The van der Waals surface area contributed by atoms with Gasteiger partial charge in [0.1, 0.15) is 23.4 Å². The number of aryl methyl sites for hydroxylation is 2. The summed E-state index contributed by atoms with van der Waals surface area (Å²) in [7, 11) is 0. The molecule has 1 aliphatic rings. The third-order valence-corrected chi connectivity index (χ3v) is 15.1. The van der Waals surface area contributed by atoms with Gasteiger partial charge in [-0.1, -0.05) is 102 Å². The summed E-state index contributed by atoms with van der Waals surface area (Å²) in [5.41, 5.74) is 6.87.